The minimum Gasteiger partial charge on any atom is -0.307 e. The highest BCUT2D eigenvalue weighted by Crippen LogP contribution is 2.43. The van der Waals surface area contributed by atoms with Crippen molar-refractivity contribution >= 4 is 75.3 Å². The fourth-order valence-corrected chi connectivity index (χ4v) is 8.22. The number of para-hydroxylation sites is 3. The van der Waals surface area contributed by atoms with E-state index >= 15 is 0 Å². The molecule has 0 aliphatic rings. The number of fused-ring (bicyclic) bond motifs is 10. The predicted octanol–water partition coefficient (Wildman–Crippen LogP) is 11.3. The molecule has 0 atom stereocenters. The second-order valence-electron chi connectivity index (χ2n) is 11.6. The monoisotopic (exact) mass is 591 g/mol. The molecule has 10 aromatic rings. The molecule has 0 fully saturated rings. The molecule has 3 nitrogen and oxygen atoms in total. The average molecular weight is 592 g/mol. The van der Waals surface area contributed by atoms with E-state index in [0.717, 1.165) is 27.5 Å². The molecule has 4 heteroatoms. The summed E-state index contributed by atoms with van der Waals surface area (Å²) in [5.74, 6) is 0. The van der Waals surface area contributed by atoms with Crippen LogP contribution in [0.5, 0.6) is 0 Å². The normalized spacial score (nSPS) is 12.0. The molecule has 0 bridgehead atoms. The van der Waals surface area contributed by atoms with Crippen LogP contribution in [-0.2, 0) is 0 Å². The first-order valence-electron chi connectivity index (χ1n) is 15.2. The van der Waals surface area contributed by atoms with Crippen molar-refractivity contribution in [2.45, 2.75) is 0 Å². The van der Waals surface area contributed by atoms with Gasteiger partial charge in [-0.1, -0.05) is 97.1 Å². The molecular weight excluding hydrogens is 567 g/mol. The third-order valence-corrected chi connectivity index (χ3v) is 10.2. The number of aromatic nitrogens is 3. The van der Waals surface area contributed by atoms with Gasteiger partial charge in [-0.2, -0.15) is 0 Å². The first-order valence-corrected chi connectivity index (χ1v) is 16.0. The minimum atomic E-state index is 1.01. The van der Waals surface area contributed by atoms with Crippen LogP contribution in [0.2, 0.25) is 0 Å². The van der Waals surface area contributed by atoms with E-state index in [2.05, 4.69) is 155 Å². The number of rotatable bonds is 3. The number of hydrogen-bond donors (Lipinski definition) is 0. The molecule has 10 rings (SSSR count). The minimum absolute atomic E-state index is 1.01. The van der Waals surface area contributed by atoms with Gasteiger partial charge >= 0.3 is 0 Å². The highest BCUT2D eigenvalue weighted by molar-refractivity contribution is 7.25. The van der Waals surface area contributed by atoms with E-state index in [0.29, 0.717) is 0 Å². The van der Waals surface area contributed by atoms with E-state index in [1.165, 1.54) is 59.1 Å². The fourth-order valence-electron chi connectivity index (χ4n) is 7.17. The Bertz CT molecular complexity index is 2750. The maximum absolute atomic E-state index is 5.09. The Kier molecular flexibility index (Phi) is 5.16. The van der Waals surface area contributed by atoms with Gasteiger partial charge in [-0.25, -0.2) is 4.98 Å². The van der Waals surface area contributed by atoms with Crippen LogP contribution in [0.3, 0.4) is 0 Å². The van der Waals surface area contributed by atoms with Crippen molar-refractivity contribution in [2.24, 2.45) is 0 Å². The first kappa shape index (κ1) is 24.7. The molecule has 0 N–H and O–H groups in total. The van der Waals surface area contributed by atoms with Crippen LogP contribution in [0.15, 0.2) is 152 Å². The molecule has 45 heavy (non-hydrogen) atoms. The van der Waals surface area contributed by atoms with Gasteiger partial charge in [0.05, 0.1) is 27.8 Å². The van der Waals surface area contributed by atoms with Gasteiger partial charge in [-0.3, -0.25) is 0 Å². The van der Waals surface area contributed by atoms with Crippen LogP contribution >= 0.6 is 11.3 Å². The molecule has 0 amide bonds. The SMILES string of the molecule is c1ccc(-c2ccc3c(n2)sc2ccc(-n4c5ccccc5c5ccc6c7ccccc7n(-c7ccccc7)c6c54)cc23)cc1. The summed E-state index contributed by atoms with van der Waals surface area (Å²) in [6.45, 7) is 0. The summed E-state index contributed by atoms with van der Waals surface area (Å²) >= 11 is 1.76. The molecule has 0 aliphatic heterocycles. The highest BCUT2D eigenvalue weighted by atomic mass is 32.1. The molecule has 0 unspecified atom stereocenters. The molecule has 210 valence electrons. The van der Waals surface area contributed by atoms with Crippen LogP contribution in [0.25, 0.3) is 86.5 Å². The van der Waals surface area contributed by atoms with Gasteiger partial charge in [0, 0.05) is 54.0 Å². The standard InChI is InChI=1S/C41H25N3S/c1-3-11-26(12-4-1)35-23-22-33-34-25-28(19-24-38(34)45-41(33)42-35)44-37-18-10-8-16-30(37)32-21-20-31-29-15-7-9-17-36(29)43(39(31)40(32)44)27-13-5-2-6-14-27/h1-25H. The van der Waals surface area contributed by atoms with E-state index in [1.54, 1.807) is 11.3 Å². The van der Waals surface area contributed by atoms with Crippen LogP contribution in [0.4, 0.5) is 0 Å². The second-order valence-corrected chi connectivity index (χ2v) is 12.6. The summed E-state index contributed by atoms with van der Waals surface area (Å²) in [5.41, 5.74) is 9.31. The summed E-state index contributed by atoms with van der Waals surface area (Å²) in [6, 6.07) is 54.7. The zero-order valence-corrected chi connectivity index (χ0v) is 25.0. The van der Waals surface area contributed by atoms with Crippen molar-refractivity contribution < 1.29 is 0 Å². The smallest absolute Gasteiger partial charge is 0.125 e. The third kappa shape index (κ3) is 3.54. The maximum atomic E-state index is 5.09. The number of nitrogens with zero attached hydrogens (tertiary/aromatic N) is 3. The Morgan fingerprint density at radius 2 is 1.00 bits per heavy atom. The summed E-state index contributed by atoms with van der Waals surface area (Å²) in [6.07, 6.45) is 0. The van der Waals surface area contributed by atoms with Crippen molar-refractivity contribution in [1.29, 1.82) is 0 Å². The van der Waals surface area contributed by atoms with E-state index < -0.39 is 0 Å². The van der Waals surface area contributed by atoms with Gasteiger partial charge in [-0.15, -0.1) is 11.3 Å². The van der Waals surface area contributed by atoms with Crippen molar-refractivity contribution in [3.8, 4) is 22.6 Å². The lowest BCUT2D eigenvalue weighted by Gasteiger charge is -2.12. The van der Waals surface area contributed by atoms with Crippen LogP contribution in [-0.4, -0.2) is 14.1 Å². The topological polar surface area (TPSA) is 22.8 Å². The quantitative estimate of drug-likeness (QED) is 0.200. The van der Waals surface area contributed by atoms with Crippen molar-refractivity contribution in [1.82, 2.24) is 14.1 Å². The highest BCUT2D eigenvalue weighted by Gasteiger charge is 2.21. The van der Waals surface area contributed by atoms with Gasteiger partial charge < -0.3 is 9.13 Å². The van der Waals surface area contributed by atoms with Crippen LogP contribution in [0, 0.1) is 0 Å². The Balaban J connectivity index is 1.31. The lowest BCUT2D eigenvalue weighted by Crippen LogP contribution is -1.98. The van der Waals surface area contributed by atoms with Gasteiger partial charge in [0.2, 0.25) is 0 Å². The zero-order chi connectivity index (χ0) is 29.5. The van der Waals surface area contributed by atoms with Crippen molar-refractivity contribution in [3.05, 3.63) is 152 Å². The van der Waals surface area contributed by atoms with Crippen LogP contribution in [0.1, 0.15) is 0 Å². The fraction of sp³-hybridized carbons (Fsp3) is 0. The maximum Gasteiger partial charge on any atom is 0.125 e. The largest absolute Gasteiger partial charge is 0.307 e. The molecule has 4 aromatic heterocycles. The molecule has 0 saturated carbocycles. The Morgan fingerprint density at radius 3 is 1.69 bits per heavy atom. The summed E-state index contributed by atoms with van der Waals surface area (Å²) in [7, 11) is 0. The number of thiophene rings is 1. The van der Waals surface area contributed by atoms with Gasteiger partial charge in [0.25, 0.3) is 0 Å². The van der Waals surface area contributed by atoms with Gasteiger partial charge in [0.15, 0.2) is 0 Å². The number of pyridine rings is 1. The van der Waals surface area contributed by atoms with Crippen LogP contribution < -0.4 is 0 Å². The number of hydrogen-bond acceptors (Lipinski definition) is 2. The lowest BCUT2D eigenvalue weighted by molar-refractivity contribution is 1.15. The number of benzene rings is 6. The molecule has 0 spiro atoms. The van der Waals surface area contributed by atoms with Gasteiger partial charge in [-0.05, 0) is 54.6 Å². The Hall–Kier alpha value is -5.71. The van der Waals surface area contributed by atoms with E-state index in [4.69, 9.17) is 4.98 Å². The van der Waals surface area contributed by atoms with Crippen molar-refractivity contribution in [3.63, 3.8) is 0 Å². The Labute approximate surface area is 262 Å². The first-order chi connectivity index (χ1) is 22.3. The molecule has 0 saturated heterocycles. The molecular formula is C41H25N3S. The third-order valence-electron chi connectivity index (χ3n) is 9.13. The Morgan fingerprint density at radius 1 is 0.422 bits per heavy atom. The zero-order valence-electron chi connectivity index (χ0n) is 24.2. The molecule has 0 radical (unpaired) electrons. The molecule has 0 aliphatic carbocycles. The van der Waals surface area contributed by atoms with E-state index in [-0.39, 0.29) is 0 Å². The van der Waals surface area contributed by atoms with E-state index in [1.807, 2.05) is 6.07 Å². The van der Waals surface area contributed by atoms with Crippen molar-refractivity contribution in [2.75, 3.05) is 0 Å². The predicted molar refractivity (Wildman–Crippen MR) is 191 cm³/mol. The van der Waals surface area contributed by atoms with E-state index in [9.17, 15) is 0 Å². The lowest BCUT2D eigenvalue weighted by atomic mass is 10.1. The second kappa shape index (κ2) is 9.39. The summed E-state index contributed by atoms with van der Waals surface area (Å²) < 4.78 is 6.16. The summed E-state index contributed by atoms with van der Waals surface area (Å²) in [5, 5.41) is 7.45. The van der Waals surface area contributed by atoms with Gasteiger partial charge in [0.1, 0.15) is 4.83 Å². The average Bonchev–Trinajstić information content (AvgIpc) is 3.76. The molecule has 6 aromatic carbocycles. The molecule has 4 heterocycles. The summed E-state index contributed by atoms with van der Waals surface area (Å²) in [4.78, 5) is 6.16.